The SMILES string of the molecule is c1ccc(-c2ccc(N(c3ccc(-c4ccccc4)cc3)c3ccc(-c4ccc(N(c5ccccc5)c5ccc(-c6ccc(-c7ccc(N(c8ccccc8)c8ccccc8)cc7)cc6)cc5)cc4)cc3)cc2)cc1. The van der Waals surface area contributed by atoms with Gasteiger partial charge in [0.1, 0.15) is 0 Å². The van der Waals surface area contributed by atoms with Crippen molar-refractivity contribution in [1.29, 1.82) is 0 Å². The molecule has 0 radical (unpaired) electrons. The highest BCUT2D eigenvalue weighted by molar-refractivity contribution is 5.84. The zero-order valence-corrected chi connectivity index (χ0v) is 41.4. The Morgan fingerprint density at radius 3 is 0.400 bits per heavy atom. The quantitative estimate of drug-likeness (QED) is 0.108. The zero-order chi connectivity index (χ0) is 50.2. The lowest BCUT2D eigenvalue weighted by atomic mass is 9.99. The number of para-hydroxylation sites is 3. The Morgan fingerprint density at radius 1 is 0.107 bits per heavy atom. The third-order valence-corrected chi connectivity index (χ3v) is 13.9. The molecule has 75 heavy (non-hydrogen) atoms. The maximum atomic E-state index is 2.33. The van der Waals surface area contributed by atoms with Crippen LogP contribution in [-0.2, 0) is 0 Å². The van der Waals surface area contributed by atoms with E-state index in [0.29, 0.717) is 0 Å². The topological polar surface area (TPSA) is 9.72 Å². The molecule has 0 aliphatic heterocycles. The van der Waals surface area contributed by atoms with Gasteiger partial charge in [-0.15, -0.1) is 0 Å². The van der Waals surface area contributed by atoms with Gasteiger partial charge < -0.3 is 14.7 Å². The van der Waals surface area contributed by atoms with Crippen LogP contribution in [0.1, 0.15) is 0 Å². The van der Waals surface area contributed by atoms with Crippen LogP contribution in [0.2, 0.25) is 0 Å². The molecule has 0 bridgehead atoms. The summed E-state index contributed by atoms with van der Waals surface area (Å²) in [5.41, 5.74) is 21.7. The molecule has 0 heterocycles. The summed E-state index contributed by atoms with van der Waals surface area (Å²) in [6.07, 6.45) is 0. The summed E-state index contributed by atoms with van der Waals surface area (Å²) >= 11 is 0. The average molecular weight is 960 g/mol. The minimum Gasteiger partial charge on any atom is -0.311 e. The van der Waals surface area contributed by atoms with Gasteiger partial charge in [-0.25, -0.2) is 0 Å². The van der Waals surface area contributed by atoms with Gasteiger partial charge in [-0.2, -0.15) is 0 Å². The Kier molecular flexibility index (Phi) is 13.2. The van der Waals surface area contributed by atoms with Crippen molar-refractivity contribution in [3.8, 4) is 55.6 Å². The van der Waals surface area contributed by atoms with Crippen molar-refractivity contribution in [2.45, 2.75) is 0 Å². The van der Waals surface area contributed by atoms with Crippen LogP contribution < -0.4 is 14.7 Å². The van der Waals surface area contributed by atoms with Gasteiger partial charge in [0.05, 0.1) is 0 Å². The van der Waals surface area contributed by atoms with E-state index in [4.69, 9.17) is 0 Å². The van der Waals surface area contributed by atoms with Crippen molar-refractivity contribution < 1.29 is 0 Å². The van der Waals surface area contributed by atoms with Gasteiger partial charge in [-0.3, -0.25) is 0 Å². The molecule has 0 spiro atoms. The Hall–Kier alpha value is -9.96. The zero-order valence-electron chi connectivity index (χ0n) is 41.4. The second-order valence-electron chi connectivity index (χ2n) is 18.6. The van der Waals surface area contributed by atoms with Crippen molar-refractivity contribution in [3.63, 3.8) is 0 Å². The van der Waals surface area contributed by atoms with E-state index in [2.05, 4.69) is 336 Å². The Bertz CT molecular complexity index is 3600. The summed E-state index contributed by atoms with van der Waals surface area (Å²) in [5.74, 6) is 0. The van der Waals surface area contributed by atoms with Gasteiger partial charge in [0.15, 0.2) is 0 Å². The van der Waals surface area contributed by atoms with Crippen LogP contribution in [-0.4, -0.2) is 0 Å². The predicted octanol–water partition coefficient (Wildman–Crippen LogP) is 20.4. The molecule has 0 atom stereocenters. The smallest absolute Gasteiger partial charge is 0.0462 e. The van der Waals surface area contributed by atoms with Crippen molar-refractivity contribution in [3.05, 3.63) is 322 Å². The largest absolute Gasteiger partial charge is 0.311 e. The maximum Gasteiger partial charge on any atom is 0.0462 e. The van der Waals surface area contributed by atoms with E-state index in [0.717, 1.165) is 62.3 Å². The molecule has 0 saturated carbocycles. The molecule has 0 N–H and O–H groups in total. The Labute approximate surface area is 440 Å². The van der Waals surface area contributed by atoms with E-state index in [-0.39, 0.29) is 0 Å². The summed E-state index contributed by atoms with van der Waals surface area (Å²) in [4.78, 5) is 6.95. The van der Waals surface area contributed by atoms with Gasteiger partial charge >= 0.3 is 0 Å². The molecule has 0 unspecified atom stereocenters. The molecular formula is C72H53N3. The summed E-state index contributed by atoms with van der Waals surface area (Å²) in [6.45, 7) is 0. The molecule has 3 heteroatoms. The van der Waals surface area contributed by atoms with E-state index in [1.54, 1.807) is 0 Å². The minimum absolute atomic E-state index is 1.09. The predicted molar refractivity (Wildman–Crippen MR) is 318 cm³/mol. The van der Waals surface area contributed by atoms with Gasteiger partial charge in [-0.1, -0.05) is 212 Å². The molecule has 0 amide bonds. The number of anilines is 9. The fraction of sp³-hybridized carbons (Fsp3) is 0. The number of rotatable bonds is 14. The second-order valence-corrected chi connectivity index (χ2v) is 18.6. The Balaban J connectivity index is 0.776. The molecular weight excluding hydrogens is 907 g/mol. The van der Waals surface area contributed by atoms with Gasteiger partial charge in [0, 0.05) is 51.2 Å². The van der Waals surface area contributed by atoms with Crippen LogP contribution in [0.5, 0.6) is 0 Å². The summed E-state index contributed by atoms with van der Waals surface area (Å²) in [5, 5.41) is 0. The highest BCUT2D eigenvalue weighted by Crippen LogP contribution is 2.41. The first-order chi connectivity index (χ1) is 37.2. The lowest BCUT2D eigenvalue weighted by Gasteiger charge is -2.26. The van der Waals surface area contributed by atoms with Crippen molar-refractivity contribution >= 4 is 51.2 Å². The molecule has 12 aromatic rings. The highest BCUT2D eigenvalue weighted by Gasteiger charge is 2.17. The molecule has 0 aliphatic rings. The summed E-state index contributed by atoms with van der Waals surface area (Å²) < 4.78 is 0. The lowest BCUT2D eigenvalue weighted by molar-refractivity contribution is 1.28. The highest BCUT2D eigenvalue weighted by atomic mass is 15.2. The monoisotopic (exact) mass is 959 g/mol. The average Bonchev–Trinajstić information content (AvgIpc) is 3.50. The fourth-order valence-corrected chi connectivity index (χ4v) is 10.0. The molecule has 12 rings (SSSR count). The van der Waals surface area contributed by atoms with E-state index in [1.165, 1.54) is 44.5 Å². The molecule has 3 nitrogen and oxygen atoms in total. The van der Waals surface area contributed by atoms with Crippen LogP contribution in [0.3, 0.4) is 0 Å². The fourth-order valence-electron chi connectivity index (χ4n) is 10.0. The van der Waals surface area contributed by atoms with Crippen LogP contribution in [0, 0.1) is 0 Å². The number of benzene rings is 12. The maximum absolute atomic E-state index is 2.33. The number of nitrogens with zero attached hydrogens (tertiary/aromatic N) is 3. The summed E-state index contributed by atoms with van der Waals surface area (Å²) in [6, 6.07) is 115. The van der Waals surface area contributed by atoms with E-state index in [1.807, 2.05) is 0 Å². The van der Waals surface area contributed by atoms with Crippen molar-refractivity contribution in [2.24, 2.45) is 0 Å². The Morgan fingerprint density at radius 2 is 0.227 bits per heavy atom. The van der Waals surface area contributed by atoms with Gasteiger partial charge in [0.2, 0.25) is 0 Å². The molecule has 0 aliphatic carbocycles. The normalized spacial score (nSPS) is 10.9. The van der Waals surface area contributed by atoms with Crippen molar-refractivity contribution in [2.75, 3.05) is 14.7 Å². The molecule has 12 aromatic carbocycles. The number of hydrogen-bond donors (Lipinski definition) is 0. The lowest BCUT2D eigenvalue weighted by Crippen LogP contribution is -2.10. The van der Waals surface area contributed by atoms with Gasteiger partial charge in [-0.05, 0) is 165 Å². The summed E-state index contributed by atoms with van der Waals surface area (Å²) in [7, 11) is 0. The van der Waals surface area contributed by atoms with Crippen molar-refractivity contribution in [1.82, 2.24) is 0 Å². The first kappa shape index (κ1) is 46.1. The van der Waals surface area contributed by atoms with Crippen LogP contribution in [0.15, 0.2) is 322 Å². The first-order valence-corrected chi connectivity index (χ1v) is 25.6. The van der Waals surface area contributed by atoms with Crippen LogP contribution in [0.4, 0.5) is 51.2 Å². The first-order valence-electron chi connectivity index (χ1n) is 25.6. The van der Waals surface area contributed by atoms with Gasteiger partial charge in [0.25, 0.3) is 0 Å². The third-order valence-electron chi connectivity index (χ3n) is 13.9. The molecule has 0 aromatic heterocycles. The minimum atomic E-state index is 1.09. The number of hydrogen-bond acceptors (Lipinski definition) is 3. The molecule has 356 valence electrons. The van der Waals surface area contributed by atoms with E-state index >= 15 is 0 Å². The van der Waals surface area contributed by atoms with E-state index in [9.17, 15) is 0 Å². The second kappa shape index (κ2) is 21.4. The molecule has 0 saturated heterocycles. The van der Waals surface area contributed by atoms with Crippen LogP contribution in [0.25, 0.3) is 55.6 Å². The van der Waals surface area contributed by atoms with E-state index < -0.39 is 0 Å². The third kappa shape index (κ3) is 10.1. The van der Waals surface area contributed by atoms with Crippen LogP contribution >= 0.6 is 0 Å². The molecule has 0 fully saturated rings. The standard InChI is InChI=1S/C72H53N3/c1-6-16-54(17-7-1)58-30-42-70(43-31-58)75(71-44-32-59(33-45-71)55-18-8-2-9-19-55)72-52-40-63(41-53-72)62-38-50-69(51-39-62)74(66-24-14-5-15-25-66)68-48-36-61(37-49-68)57-28-26-56(27-29-57)60-34-46-67(47-35-60)73(64-20-10-3-11-21-64)65-22-12-4-13-23-65/h1-53H.